The normalized spacial score (nSPS) is 14.3. The molecule has 0 unspecified atom stereocenters. The molecule has 12 heteroatoms. The van der Waals surface area contributed by atoms with Gasteiger partial charge in [0.1, 0.15) is 0 Å². The fourth-order valence-electron chi connectivity index (χ4n) is 4.26. The first-order chi connectivity index (χ1) is 16.8. The van der Waals surface area contributed by atoms with Crippen molar-refractivity contribution in [1.29, 1.82) is 0 Å². The number of nitrogens with zero attached hydrogens (tertiary/aromatic N) is 6. The minimum atomic E-state index is -0.797. The summed E-state index contributed by atoms with van der Waals surface area (Å²) in [5.74, 6) is -0.588. The topological polar surface area (TPSA) is 185 Å². The zero-order valence-electron chi connectivity index (χ0n) is 19.2. The molecule has 0 saturated carbocycles. The SMILES string of the molecule is Nc1nc(N)c2nc(CN(CCO)c3ccc(C(=O)N4CCC(CC(=O)O)CC4)cc3)cnc2n1. The molecule has 1 aromatic carbocycles. The third-order valence-electron chi connectivity index (χ3n) is 6.07. The third-order valence-corrected chi connectivity index (χ3v) is 6.07. The number of hydrogen-bond donors (Lipinski definition) is 4. The van der Waals surface area contributed by atoms with Gasteiger partial charge in [-0.3, -0.25) is 9.59 Å². The van der Waals surface area contributed by atoms with Crippen molar-refractivity contribution < 1.29 is 19.8 Å². The average molecular weight is 481 g/mol. The van der Waals surface area contributed by atoms with Gasteiger partial charge in [0, 0.05) is 37.3 Å². The number of nitrogens with two attached hydrogens (primary N) is 2. The Bertz CT molecular complexity index is 1210. The van der Waals surface area contributed by atoms with Gasteiger partial charge in [-0.1, -0.05) is 0 Å². The smallest absolute Gasteiger partial charge is 0.303 e. The van der Waals surface area contributed by atoms with Crippen LogP contribution in [0.15, 0.2) is 30.5 Å². The molecule has 1 aliphatic rings. The second kappa shape index (κ2) is 10.5. The molecule has 3 heterocycles. The molecule has 0 atom stereocenters. The van der Waals surface area contributed by atoms with Gasteiger partial charge in [0.2, 0.25) is 5.95 Å². The van der Waals surface area contributed by atoms with E-state index in [4.69, 9.17) is 16.6 Å². The van der Waals surface area contributed by atoms with Gasteiger partial charge in [0.25, 0.3) is 5.91 Å². The molecule has 6 N–H and O–H groups in total. The zero-order valence-corrected chi connectivity index (χ0v) is 19.2. The number of likely N-dealkylation sites (tertiary alicyclic amines) is 1. The highest BCUT2D eigenvalue weighted by Crippen LogP contribution is 2.24. The van der Waals surface area contributed by atoms with Crippen LogP contribution in [0.2, 0.25) is 0 Å². The van der Waals surface area contributed by atoms with Crippen molar-refractivity contribution >= 4 is 40.5 Å². The van der Waals surface area contributed by atoms with Crippen molar-refractivity contribution in [3.63, 3.8) is 0 Å². The van der Waals surface area contributed by atoms with Gasteiger partial charge >= 0.3 is 5.97 Å². The summed E-state index contributed by atoms with van der Waals surface area (Å²) >= 11 is 0. The molecule has 1 amide bonds. The number of carboxylic acids is 1. The molecule has 0 bridgehead atoms. The lowest BCUT2D eigenvalue weighted by Crippen LogP contribution is -2.38. The molecular formula is C23H28N8O4. The maximum absolute atomic E-state index is 12.9. The molecule has 3 aromatic rings. The summed E-state index contributed by atoms with van der Waals surface area (Å²) in [7, 11) is 0. The summed E-state index contributed by atoms with van der Waals surface area (Å²) in [6.07, 6.45) is 3.10. The number of aromatic nitrogens is 4. The van der Waals surface area contributed by atoms with Crippen molar-refractivity contribution in [2.75, 3.05) is 42.6 Å². The first-order valence-electron chi connectivity index (χ1n) is 11.4. The van der Waals surface area contributed by atoms with Crippen LogP contribution in [0.5, 0.6) is 0 Å². The molecular weight excluding hydrogens is 452 g/mol. The first kappa shape index (κ1) is 24.1. The fourth-order valence-corrected chi connectivity index (χ4v) is 4.26. The number of carboxylic acid groups (broad SMARTS) is 1. The Morgan fingerprint density at radius 2 is 1.80 bits per heavy atom. The van der Waals surface area contributed by atoms with Gasteiger partial charge in [-0.15, -0.1) is 0 Å². The second-order valence-corrected chi connectivity index (χ2v) is 8.53. The lowest BCUT2D eigenvalue weighted by Gasteiger charge is -2.31. The number of fused-ring (bicyclic) bond motifs is 1. The number of rotatable bonds is 8. The molecule has 35 heavy (non-hydrogen) atoms. The summed E-state index contributed by atoms with van der Waals surface area (Å²) in [5.41, 5.74) is 14.2. The highest BCUT2D eigenvalue weighted by molar-refractivity contribution is 5.94. The average Bonchev–Trinajstić information content (AvgIpc) is 2.84. The lowest BCUT2D eigenvalue weighted by molar-refractivity contribution is -0.138. The molecule has 1 aliphatic heterocycles. The Kier molecular flexibility index (Phi) is 7.20. The van der Waals surface area contributed by atoms with E-state index in [1.54, 1.807) is 23.2 Å². The third kappa shape index (κ3) is 5.72. The van der Waals surface area contributed by atoms with Crippen molar-refractivity contribution in [3.8, 4) is 0 Å². The van der Waals surface area contributed by atoms with E-state index in [0.29, 0.717) is 61.4 Å². The van der Waals surface area contributed by atoms with Gasteiger partial charge in [0.05, 0.1) is 25.0 Å². The molecule has 1 saturated heterocycles. The largest absolute Gasteiger partial charge is 0.481 e. The maximum Gasteiger partial charge on any atom is 0.303 e. The van der Waals surface area contributed by atoms with Crippen molar-refractivity contribution in [2.24, 2.45) is 5.92 Å². The van der Waals surface area contributed by atoms with E-state index in [1.165, 1.54) is 0 Å². The van der Waals surface area contributed by atoms with Gasteiger partial charge in [-0.2, -0.15) is 9.97 Å². The van der Waals surface area contributed by atoms with Crippen LogP contribution in [0, 0.1) is 5.92 Å². The number of aliphatic hydroxyl groups is 1. The van der Waals surface area contributed by atoms with Crippen LogP contribution < -0.4 is 16.4 Å². The van der Waals surface area contributed by atoms with E-state index in [-0.39, 0.29) is 36.6 Å². The molecule has 2 aromatic heterocycles. The predicted octanol–water partition coefficient (Wildman–Crippen LogP) is 0.910. The summed E-state index contributed by atoms with van der Waals surface area (Å²) in [4.78, 5) is 44.2. The zero-order chi connectivity index (χ0) is 24.9. The highest BCUT2D eigenvalue weighted by atomic mass is 16.4. The van der Waals surface area contributed by atoms with E-state index < -0.39 is 5.97 Å². The van der Waals surface area contributed by atoms with Crippen LogP contribution in [-0.2, 0) is 11.3 Å². The van der Waals surface area contributed by atoms with Gasteiger partial charge in [-0.25, -0.2) is 9.97 Å². The summed E-state index contributed by atoms with van der Waals surface area (Å²) < 4.78 is 0. The Morgan fingerprint density at radius 3 is 2.46 bits per heavy atom. The highest BCUT2D eigenvalue weighted by Gasteiger charge is 2.25. The number of hydrogen-bond acceptors (Lipinski definition) is 10. The van der Waals surface area contributed by atoms with Crippen LogP contribution in [0.4, 0.5) is 17.5 Å². The summed E-state index contributed by atoms with van der Waals surface area (Å²) in [6, 6.07) is 7.16. The molecule has 12 nitrogen and oxygen atoms in total. The molecule has 4 rings (SSSR count). The predicted molar refractivity (Wildman–Crippen MR) is 129 cm³/mol. The van der Waals surface area contributed by atoms with Gasteiger partial charge in [-0.05, 0) is 43.0 Å². The molecule has 0 radical (unpaired) electrons. The number of carbonyl (C=O) groups is 2. The Morgan fingerprint density at radius 1 is 1.09 bits per heavy atom. The Balaban J connectivity index is 1.45. The van der Waals surface area contributed by atoms with E-state index in [1.807, 2.05) is 17.0 Å². The van der Waals surface area contributed by atoms with Crippen LogP contribution >= 0.6 is 0 Å². The molecule has 0 spiro atoms. The van der Waals surface area contributed by atoms with Crippen LogP contribution in [-0.4, -0.2) is 73.2 Å². The number of piperidine rings is 1. The van der Waals surface area contributed by atoms with Crippen molar-refractivity contribution in [3.05, 3.63) is 41.7 Å². The van der Waals surface area contributed by atoms with Crippen LogP contribution in [0.3, 0.4) is 0 Å². The first-order valence-corrected chi connectivity index (χ1v) is 11.4. The maximum atomic E-state index is 12.9. The number of nitrogen functional groups attached to an aromatic ring is 2. The minimum Gasteiger partial charge on any atom is -0.481 e. The number of aliphatic carboxylic acids is 1. The molecule has 184 valence electrons. The Labute approximate surface area is 201 Å². The molecule has 1 fully saturated rings. The number of amides is 1. The molecule has 0 aliphatic carbocycles. The van der Waals surface area contributed by atoms with Crippen molar-refractivity contribution in [2.45, 2.75) is 25.8 Å². The number of carbonyl (C=O) groups excluding carboxylic acids is 1. The summed E-state index contributed by atoms with van der Waals surface area (Å²) in [5, 5.41) is 18.5. The van der Waals surface area contributed by atoms with E-state index >= 15 is 0 Å². The summed E-state index contributed by atoms with van der Waals surface area (Å²) in [6.45, 7) is 1.72. The second-order valence-electron chi connectivity index (χ2n) is 8.53. The van der Waals surface area contributed by atoms with Crippen molar-refractivity contribution in [1.82, 2.24) is 24.8 Å². The fraction of sp³-hybridized carbons (Fsp3) is 0.391. The number of benzene rings is 1. The van der Waals surface area contributed by atoms with Gasteiger partial charge < -0.3 is 31.5 Å². The van der Waals surface area contributed by atoms with Crippen LogP contribution in [0.1, 0.15) is 35.3 Å². The van der Waals surface area contributed by atoms with E-state index in [2.05, 4.69) is 19.9 Å². The number of anilines is 3. The quantitative estimate of drug-likeness (QED) is 0.359. The number of aliphatic hydroxyl groups excluding tert-OH is 1. The Hall–Kier alpha value is -4.06. The van der Waals surface area contributed by atoms with E-state index in [9.17, 15) is 14.7 Å². The lowest BCUT2D eigenvalue weighted by atomic mass is 9.93. The monoisotopic (exact) mass is 480 g/mol. The standard InChI is InChI=1S/C23H28N8O4/c24-20-19-21(29-23(25)28-20)26-12-16(27-19)13-31(9-10-32)17-3-1-15(2-4-17)22(35)30-7-5-14(6-8-30)11-18(33)34/h1-4,12,14,32H,5-11,13H2,(H,33,34)(H4,24,25,26,28,29). The van der Waals surface area contributed by atoms with E-state index in [0.717, 1.165) is 5.69 Å². The van der Waals surface area contributed by atoms with Crippen LogP contribution in [0.25, 0.3) is 11.2 Å². The minimum absolute atomic E-state index is 0.0261. The van der Waals surface area contributed by atoms with Gasteiger partial charge in [0.15, 0.2) is 17.0 Å².